The summed E-state index contributed by atoms with van der Waals surface area (Å²) in [6.07, 6.45) is 0. The standard InChI is InChI=1S/C13H20ClNO4S/c1-9-11(7-14)12(10(2)19-9)20(16,17)15-5-6-18-8-13(15,3)4/h5-8H2,1-4H3. The molecule has 1 aliphatic rings. The number of hydrogen-bond donors (Lipinski definition) is 0. The van der Waals surface area contributed by atoms with Gasteiger partial charge in [0.05, 0.1) is 24.6 Å². The third-order valence-corrected chi connectivity index (χ3v) is 6.15. The third kappa shape index (κ3) is 2.50. The van der Waals surface area contributed by atoms with E-state index in [1.165, 1.54) is 4.31 Å². The van der Waals surface area contributed by atoms with E-state index >= 15 is 0 Å². The molecule has 0 N–H and O–H groups in total. The Morgan fingerprint density at radius 2 is 1.95 bits per heavy atom. The SMILES string of the molecule is Cc1oc(C)c(S(=O)(=O)N2CCOCC2(C)C)c1CCl. The topological polar surface area (TPSA) is 59.8 Å². The minimum atomic E-state index is -3.65. The van der Waals surface area contributed by atoms with Gasteiger partial charge in [-0.2, -0.15) is 4.31 Å². The average Bonchev–Trinajstić information content (AvgIpc) is 2.63. The highest BCUT2D eigenvalue weighted by Crippen LogP contribution is 2.34. The van der Waals surface area contributed by atoms with E-state index in [9.17, 15) is 8.42 Å². The molecule has 0 bridgehead atoms. The van der Waals surface area contributed by atoms with Gasteiger partial charge in [0.2, 0.25) is 10.0 Å². The molecule has 0 spiro atoms. The van der Waals surface area contributed by atoms with Gasteiger partial charge in [0.25, 0.3) is 0 Å². The van der Waals surface area contributed by atoms with Crippen LogP contribution in [0, 0.1) is 13.8 Å². The van der Waals surface area contributed by atoms with Crippen molar-refractivity contribution in [2.45, 2.75) is 44.0 Å². The normalized spacial score (nSPS) is 20.2. The Kier molecular flexibility index (Phi) is 4.22. The summed E-state index contributed by atoms with van der Waals surface area (Å²) in [7, 11) is -3.65. The van der Waals surface area contributed by atoms with E-state index < -0.39 is 15.6 Å². The summed E-state index contributed by atoms with van der Waals surface area (Å²) in [5.41, 5.74) is -0.0374. The van der Waals surface area contributed by atoms with Crippen LogP contribution >= 0.6 is 11.6 Å². The first-order valence-electron chi connectivity index (χ1n) is 6.47. The maximum atomic E-state index is 13.0. The molecule has 2 heterocycles. The zero-order chi connectivity index (χ0) is 15.1. The first kappa shape index (κ1) is 15.8. The van der Waals surface area contributed by atoms with Gasteiger partial charge < -0.3 is 9.15 Å². The van der Waals surface area contributed by atoms with Gasteiger partial charge in [0.1, 0.15) is 16.4 Å². The van der Waals surface area contributed by atoms with Gasteiger partial charge in [-0.15, -0.1) is 11.6 Å². The van der Waals surface area contributed by atoms with E-state index in [4.69, 9.17) is 20.8 Å². The molecule has 0 unspecified atom stereocenters. The van der Waals surface area contributed by atoms with Crippen LogP contribution in [0.3, 0.4) is 0 Å². The fraction of sp³-hybridized carbons (Fsp3) is 0.692. The molecular weight excluding hydrogens is 302 g/mol. The van der Waals surface area contributed by atoms with E-state index in [-0.39, 0.29) is 10.8 Å². The van der Waals surface area contributed by atoms with Crippen molar-refractivity contribution in [3.05, 3.63) is 17.1 Å². The van der Waals surface area contributed by atoms with Crippen molar-refractivity contribution in [1.29, 1.82) is 0 Å². The third-order valence-electron chi connectivity index (χ3n) is 3.58. The maximum absolute atomic E-state index is 13.0. The maximum Gasteiger partial charge on any atom is 0.247 e. The molecule has 0 aromatic carbocycles. The zero-order valence-corrected chi connectivity index (χ0v) is 13.8. The lowest BCUT2D eigenvalue weighted by Crippen LogP contribution is -2.55. The monoisotopic (exact) mass is 321 g/mol. The molecule has 0 aliphatic carbocycles. The summed E-state index contributed by atoms with van der Waals surface area (Å²) in [6.45, 7) is 8.20. The molecule has 20 heavy (non-hydrogen) atoms. The number of alkyl halides is 1. The van der Waals surface area contributed by atoms with E-state index in [0.29, 0.717) is 36.8 Å². The van der Waals surface area contributed by atoms with E-state index in [1.807, 2.05) is 13.8 Å². The summed E-state index contributed by atoms with van der Waals surface area (Å²) < 4.78 is 38.3. The molecule has 0 atom stereocenters. The molecule has 2 rings (SSSR count). The summed E-state index contributed by atoms with van der Waals surface area (Å²) in [6, 6.07) is 0. The smallest absolute Gasteiger partial charge is 0.247 e. The predicted octanol–water partition coefficient (Wildman–Crippen LogP) is 2.43. The Hall–Kier alpha value is -0.560. The van der Waals surface area contributed by atoms with Crippen LogP contribution in [0.25, 0.3) is 0 Å². The quantitative estimate of drug-likeness (QED) is 0.802. The highest BCUT2D eigenvalue weighted by Gasteiger charge is 2.42. The van der Waals surface area contributed by atoms with Crippen LogP contribution in [0.4, 0.5) is 0 Å². The first-order chi connectivity index (χ1) is 9.21. The fourth-order valence-electron chi connectivity index (χ4n) is 2.60. The summed E-state index contributed by atoms with van der Waals surface area (Å²) in [4.78, 5) is 0.208. The molecular formula is C13H20ClNO4S. The number of rotatable bonds is 3. The van der Waals surface area contributed by atoms with Crippen LogP contribution in [-0.4, -0.2) is 38.0 Å². The molecule has 1 fully saturated rings. The number of hydrogen-bond acceptors (Lipinski definition) is 4. The predicted molar refractivity (Wildman–Crippen MR) is 76.5 cm³/mol. The minimum absolute atomic E-state index is 0.114. The number of morpholine rings is 1. The summed E-state index contributed by atoms with van der Waals surface area (Å²) in [5, 5.41) is 0. The van der Waals surface area contributed by atoms with Crippen LogP contribution in [0.1, 0.15) is 30.9 Å². The van der Waals surface area contributed by atoms with Gasteiger partial charge in [-0.05, 0) is 27.7 Å². The molecule has 0 radical (unpaired) electrons. The Morgan fingerprint density at radius 3 is 2.50 bits per heavy atom. The number of aryl methyl sites for hydroxylation is 2. The number of sulfonamides is 1. The van der Waals surface area contributed by atoms with Crippen molar-refractivity contribution in [3.63, 3.8) is 0 Å². The lowest BCUT2D eigenvalue weighted by Gasteiger charge is -2.40. The highest BCUT2D eigenvalue weighted by atomic mass is 35.5. The van der Waals surface area contributed by atoms with Gasteiger partial charge in [-0.3, -0.25) is 0 Å². The van der Waals surface area contributed by atoms with Crippen molar-refractivity contribution >= 4 is 21.6 Å². The summed E-state index contributed by atoms with van der Waals surface area (Å²) >= 11 is 5.90. The molecule has 1 aromatic heterocycles. The Balaban J connectivity index is 2.56. The van der Waals surface area contributed by atoms with Crippen molar-refractivity contribution in [2.75, 3.05) is 19.8 Å². The van der Waals surface area contributed by atoms with Crippen molar-refractivity contribution in [2.24, 2.45) is 0 Å². The van der Waals surface area contributed by atoms with Crippen molar-refractivity contribution in [3.8, 4) is 0 Å². The number of ether oxygens (including phenoxy) is 1. The molecule has 0 amide bonds. The van der Waals surface area contributed by atoms with Gasteiger partial charge in [0, 0.05) is 12.1 Å². The lowest BCUT2D eigenvalue weighted by molar-refractivity contribution is -0.00775. The zero-order valence-electron chi connectivity index (χ0n) is 12.2. The number of nitrogens with zero attached hydrogens (tertiary/aromatic N) is 1. The van der Waals surface area contributed by atoms with E-state index in [1.54, 1.807) is 13.8 Å². The van der Waals surface area contributed by atoms with E-state index in [2.05, 4.69) is 0 Å². The molecule has 114 valence electrons. The molecule has 1 aliphatic heterocycles. The van der Waals surface area contributed by atoms with Gasteiger partial charge in [-0.1, -0.05) is 0 Å². The Labute approximate surface area is 124 Å². The van der Waals surface area contributed by atoms with Crippen LogP contribution in [0.5, 0.6) is 0 Å². The molecule has 5 nitrogen and oxygen atoms in total. The molecule has 7 heteroatoms. The van der Waals surface area contributed by atoms with Gasteiger partial charge >= 0.3 is 0 Å². The molecule has 1 aromatic rings. The Morgan fingerprint density at radius 1 is 1.30 bits per heavy atom. The highest BCUT2D eigenvalue weighted by molar-refractivity contribution is 7.89. The average molecular weight is 322 g/mol. The van der Waals surface area contributed by atoms with Crippen LogP contribution in [0.15, 0.2) is 9.31 Å². The summed E-state index contributed by atoms with van der Waals surface area (Å²) in [5.74, 6) is 1.06. The fourth-order valence-corrected chi connectivity index (χ4v) is 5.17. The van der Waals surface area contributed by atoms with Crippen LogP contribution in [-0.2, 0) is 20.6 Å². The molecule has 0 saturated carbocycles. The Bertz CT molecular complexity index is 606. The second kappa shape index (κ2) is 5.33. The van der Waals surface area contributed by atoms with Crippen LogP contribution < -0.4 is 0 Å². The van der Waals surface area contributed by atoms with Crippen molar-refractivity contribution in [1.82, 2.24) is 4.31 Å². The van der Waals surface area contributed by atoms with E-state index in [0.717, 1.165) is 0 Å². The largest absolute Gasteiger partial charge is 0.465 e. The van der Waals surface area contributed by atoms with Crippen molar-refractivity contribution < 1.29 is 17.6 Å². The second-order valence-electron chi connectivity index (χ2n) is 5.60. The number of halogens is 1. The minimum Gasteiger partial charge on any atom is -0.465 e. The number of furan rings is 1. The van der Waals surface area contributed by atoms with Crippen LogP contribution in [0.2, 0.25) is 0 Å². The second-order valence-corrected chi connectivity index (χ2v) is 7.66. The lowest BCUT2D eigenvalue weighted by atomic mass is 10.1. The first-order valence-corrected chi connectivity index (χ1v) is 8.44. The molecule has 1 saturated heterocycles. The van der Waals surface area contributed by atoms with Gasteiger partial charge in [-0.25, -0.2) is 8.42 Å². The van der Waals surface area contributed by atoms with Gasteiger partial charge in [0.15, 0.2) is 0 Å².